The molecular formula is C17H15N3O. The second-order valence-electron chi connectivity index (χ2n) is 4.83. The van der Waals surface area contributed by atoms with Crippen LogP contribution >= 0.6 is 0 Å². The summed E-state index contributed by atoms with van der Waals surface area (Å²) in [5, 5.41) is 10.3. The maximum atomic E-state index is 9.29. The molecule has 0 aliphatic heterocycles. The van der Waals surface area contributed by atoms with E-state index in [1.807, 2.05) is 38.1 Å². The first kappa shape index (κ1) is 13.2. The Morgan fingerprint density at radius 1 is 1.29 bits per heavy atom. The number of nitrogens with one attached hydrogen (secondary N) is 1. The molecule has 0 atom stereocenters. The Bertz CT molecular complexity index is 843. The third-order valence-corrected chi connectivity index (χ3v) is 3.38. The highest BCUT2D eigenvalue weighted by atomic mass is 16.5. The molecule has 0 amide bonds. The van der Waals surface area contributed by atoms with E-state index in [0.29, 0.717) is 17.9 Å². The van der Waals surface area contributed by atoms with E-state index < -0.39 is 0 Å². The molecule has 21 heavy (non-hydrogen) atoms. The largest absolute Gasteiger partial charge is 0.492 e. The first-order valence-corrected chi connectivity index (χ1v) is 6.84. The minimum atomic E-state index is 0.546. The van der Waals surface area contributed by atoms with Crippen LogP contribution in [0.5, 0.6) is 5.75 Å². The Balaban J connectivity index is 2.17. The number of pyridine rings is 1. The molecule has 3 aromatic rings. The van der Waals surface area contributed by atoms with Crippen molar-refractivity contribution >= 4 is 11.0 Å². The number of fused-ring (bicyclic) bond motifs is 1. The van der Waals surface area contributed by atoms with E-state index in [-0.39, 0.29) is 0 Å². The Hall–Kier alpha value is -2.80. The number of ether oxygens (including phenoxy) is 1. The van der Waals surface area contributed by atoms with Crippen molar-refractivity contribution in [2.45, 2.75) is 13.8 Å². The molecule has 2 aromatic heterocycles. The summed E-state index contributed by atoms with van der Waals surface area (Å²) < 4.78 is 5.47. The highest BCUT2D eigenvalue weighted by Gasteiger charge is 2.10. The first-order chi connectivity index (χ1) is 10.2. The minimum Gasteiger partial charge on any atom is -0.492 e. The van der Waals surface area contributed by atoms with Crippen molar-refractivity contribution in [3.8, 4) is 22.9 Å². The number of aryl methyl sites for hydroxylation is 1. The predicted molar refractivity (Wildman–Crippen MR) is 82.2 cm³/mol. The van der Waals surface area contributed by atoms with Crippen molar-refractivity contribution in [1.82, 2.24) is 9.97 Å². The number of aromatic nitrogens is 2. The van der Waals surface area contributed by atoms with E-state index in [4.69, 9.17) is 4.74 Å². The van der Waals surface area contributed by atoms with Crippen LogP contribution in [0.25, 0.3) is 22.2 Å². The number of hydrogen-bond acceptors (Lipinski definition) is 3. The van der Waals surface area contributed by atoms with Crippen LogP contribution in [0, 0.1) is 18.3 Å². The second kappa shape index (κ2) is 5.29. The van der Waals surface area contributed by atoms with E-state index in [2.05, 4.69) is 22.1 Å². The molecule has 104 valence electrons. The fourth-order valence-corrected chi connectivity index (χ4v) is 2.48. The third kappa shape index (κ3) is 2.34. The zero-order chi connectivity index (χ0) is 14.8. The van der Waals surface area contributed by atoms with Crippen molar-refractivity contribution in [1.29, 1.82) is 5.26 Å². The van der Waals surface area contributed by atoms with Crippen LogP contribution < -0.4 is 4.74 Å². The monoisotopic (exact) mass is 277 g/mol. The Labute approximate surface area is 123 Å². The number of rotatable bonds is 3. The number of hydrogen-bond donors (Lipinski definition) is 1. The molecule has 0 bridgehead atoms. The van der Waals surface area contributed by atoms with Gasteiger partial charge in [0.1, 0.15) is 17.5 Å². The van der Waals surface area contributed by atoms with Gasteiger partial charge in [0.25, 0.3) is 0 Å². The molecule has 0 saturated carbocycles. The van der Waals surface area contributed by atoms with Crippen molar-refractivity contribution in [3.63, 3.8) is 0 Å². The van der Waals surface area contributed by atoms with Gasteiger partial charge in [-0.2, -0.15) is 5.26 Å². The van der Waals surface area contributed by atoms with E-state index >= 15 is 0 Å². The lowest BCUT2D eigenvalue weighted by molar-refractivity contribution is 0.339. The highest BCUT2D eigenvalue weighted by Crippen LogP contribution is 2.31. The first-order valence-electron chi connectivity index (χ1n) is 6.84. The van der Waals surface area contributed by atoms with Gasteiger partial charge in [-0.25, -0.2) is 4.98 Å². The van der Waals surface area contributed by atoms with Crippen LogP contribution in [0.4, 0.5) is 0 Å². The van der Waals surface area contributed by atoms with Crippen molar-refractivity contribution in [2.75, 3.05) is 6.61 Å². The quantitative estimate of drug-likeness (QED) is 0.791. The summed E-state index contributed by atoms with van der Waals surface area (Å²) in [6.07, 6.45) is 1.77. The Morgan fingerprint density at radius 2 is 2.14 bits per heavy atom. The Morgan fingerprint density at radius 3 is 2.90 bits per heavy atom. The number of H-pyrrole nitrogens is 1. The summed E-state index contributed by atoms with van der Waals surface area (Å²) >= 11 is 0. The highest BCUT2D eigenvalue weighted by molar-refractivity contribution is 5.93. The van der Waals surface area contributed by atoms with Gasteiger partial charge in [-0.05, 0) is 49.2 Å². The molecule has 4 nitrogen and oxygen atoms in total. The van der Waals surface area contributed by atoms with Gasteiger partial charge in [-0.1, -0.05) is 6.07 Å². The molecular weight excluding hydrogens is 262 g/mol. The fourth-order valence-electron chi connectivity index (χ4n) is 2.48. The molecule has 4 heteroatoms. The molecule has 0 fully saturated rings. The molecule has 0 unspecified atom stereocenters. The average Bonchev–Trinajstić information content (AvgIpc) is 2.88. The molecule has 0 aliphatic carbocycles. The summed E-state index contributed by atoms with van der Waals surface area (Å²) in [4.78, 5) is 7.56. The zero-order valence-electron chi connectivity index (χ0n) is 12.0. The lowest BCUT2D eigenvalue weighted by Crippen LogP contribution is -1.94. The summed E-state index contributed by atoms with van der Waals surface area (Å²) in [5.74, 6) is 0.624. The molecule has 1 N–H and O–H groups in total. The van der Waals surface area contributed by atoms with Crippen molar-refractivity contribution in [3.05, 3.63) is 47.8 Å². The van der Waals surface area contributed by atoms with E-state index in [1.165, 1.54) is 0 Å². The molecule has 0 radical (unpaired) electrons. The lowest BCUT2D eigenvalue weighted by Gasteiger charge is -2.08. The average molecular weight is 277 g/mol. The number of nitriles is 1. The Kier molecular flexibility index (Phi) is 3.33. The lowest BCUT2D eigenvalue weighted by atomic mass is 10.0. The predicted octanol–water partition coefficient (Wildman–Crippen LogP) is 3.81. The van der Waals surface area contributed by atoms with Crippen molar-refractivity contribution < 1.29 is 4.74 Å². The third-order valence-electron chi connectivity index (χ3n) is 3.38. The van der Waals surface area contributed by atoms with E-state index in [0.717, 1.165) is 27.9 Å². The number of aromatic amines is 1. The fraction of sp³-hybridized carbons (Fsp3) is 0.176. The summed E-state index contributed by atoms with van der Waals surface area (Å²) in [7, 11) is 0. The maximum Gasteiger partial charge on any atom is 0.138 e. The van der Waals surface area contributed by atoms with Gasteiger partial charge in [0.05, 0.1) is 12.2 Å². The topological polar surface area (TPSA) is 61.7 Å². The van der Waals surface area contributed by atoms with Gasteiger partial charge in [0.15, 0.2) is 0 Å². The molecule has 0 saturated heterocycles. The molecule has 0 aliphatic rings. The number of benzene rings is 1. The summed E-state index contributed by atoms with van der Waals surface area (Å²) in [5.41, 5.74) is 4.52. The molecule has 2 heterocycles. The van der Waals surface area contributed by atoms with Crippen molar-refractivity contribution in [2.24, 2.45) is 0 Å². The molecule has 0 spiro atoms. The normalized spacial score (nSPS) is 10.5. The van der Waals surface area contributed by atoms with Gasteiger partial charge in [0, 0.05) is 17.3 Å². The zero-order valence-corrected chi connectivity index (χ0v) is 12.0. The summed E-state index contributed by atoms with van der Waals surface area (Å²) in [6, 6.07) is 11.9. The van der Waals surface area contributed by atoms with Crippen LogP contribution in [0.1, 0.15) is 18.2 Å². The van der Waals surface area contributed by atoms with Crippen LogP contribution in [-0.4, -0.2) is 16.6 Å². The maximum absolute atomic E-state index is 9.29. The van der Waals surface area contributed by atoms with Gasteiger partial charge < -0.3 is 9.72 Å². The van der Waals surface area contributed by atoms with Gasteiger partial charge in [0.2, 0.25) is 0 Å². The van der Waals surface area contributed by atoms with E-state index in [1.54, 1.807) is 6.20 Å². The second-order valence-corrected chi connectivity index (χ2v) is 4.83. The SMILES string of the molecule is CCOc1ccc(-c2ccnc3[nH]c(C)cc23)cc1C#N. The van der Waals surface area contributed by atoms with Crippen LogP contribution in [0.3, 0.4) is 0 Å². The van der Waals surface area contributed by atoms with Crippen LogP contribution in [-0.2, 0) is 0 Å². The smallest absolute Gasteiger partial charge is 0.138 e. The molecule has 1 aromatic carbocycles. The van der Waals surface area contributed by atoms with Crippen LogP contribution in [0.15, 0.2) is 36.5 Å². The van der Waals surface area contributed by atoms with Gasteiger partial charge >= 0.3 is 0 Å². The van der Waals surface area contributed by atoms with E-state index in [9.17, 15) is 5.26 Å². The molecule has 3 rings (SSSR count). The summed E-state index contributed by atoms with van der Waals surface area (Å²) in [6.45, 7) is 4.46. The van der Waals surface area contributed by atoms with Crippen LogP contribution in [0.2, 0.25) is 0 Å². The van der Waals surface area contributed by atoms with Gasteiger partial charge in [-0.15, -0.1) is 0 Å². The number of nitrogens with zero attached hydrogens (tertiary/aromatic N) is 2. The standard InChI is InChI=1S/C17H15N3O/c1-3-21-16-5-4-12(9-13(16)10-18)14-6-7-19-17-15(14)8-11(2)20-17/h4-9H,3H2,1-2H3,(H,19,20). The minimum absolute atomic E-state index is 0.546. The van der Waals surface area contributed by atoms with Gasteiger partial charge in [-0.3, -0.25) is 0 Å².